The minimum Gasteiger partial charge on any atom is -0.297 e. The maximum Gasteiger partial charge on any atom is 0.350 e. The molecule has 0 bridgehead atoms. The molecule has 1 aromatic heterocycles. The second kappa shape index (κ2) is 6.61. The number of hydrogen-bond acceptors (Lipinski definition) is 6. The molecule has 0 aliphatic heterocycles. The van der Waals surface area contributed by atoms with Gasteiger partial charge in [0.05, 0.1) is 11.1 Å². The third-order valence-electron chi connectivity index (χ3n) is 2.71. The molecule has 1 heterocycles. The SMILES string of the molecule is Cn1cc([N+](=O)[O-])c(=O)n(CCCCC(=O)NN)c1=O. The Kier molecular flexibility index (Phi) is 5.15. The molecule has 110 valence electrons. The van der Waals surface area contributed by atoms with Crippen molar-refractivity contribution < 1.29 is 9.72 Å². The molecule has 0 saturated heterocycles. The van der Waals surface area contributed by atoms with E-state index in [1.807, 2.05) is 5.43 Å². The van der Waals surface area contributed by atoms with Gasteiger partial charge in [-0.15, -0.1) is 0 Å². The van der Waals surface area contributed by atoms with Crippen LogP contribution in [-0.2, 0) is 18.4 Å². The van der Waals surface area contributed by atoms with E-state index in [0.717, 1.165) is 15.3 Å². The van der Waals surface area contributed by atoms with Crippen LogP contribution in [0, 0.1) is 10.1 Å². The lowest BCUT2D eigenvalue weighted by molar-refractivity contribution is -0.387. The van der Waals surface area contributed by atoms with E-state index in [0.29, 0.717) is 12.8 Å². The largest absolute Gasteiger partial charge is 0.350 e. The second-order valence-corrected chi connectivity index (χ2v) is 4.15. The van der Waals surface area contributed by atoms with E-state index < -0.39 is 21.9 Å². The van der Waals surface area contributed by atoms with Crippen LogP contribution in [0.2, 0.25) is 0 Å². The first kappa shape index (κ1) is 15.6. The molecule has 0 aliphatic rings. The van der Waals surface area contributed by atoms with E-state index in [1.54, 1.807) is 0 Å². The minimum atomic E-state index is -0.943. The zero-order chi connectivity index (χ0) is 15.3. The van der Waals surface area contributed by atoms with Gasteiger partial charge < -0.3 is 0 Å². The van der Waals surface area contributed by atoms with Crippen LogP contribution in [0.15, 0.2) is 15.8 Å². The molecule has 10 nitrogen and oxygen atoms in total. The number of amides is 1. The van der Waals surface area contributed by atoms with E-state index in [4.69, 9.17) is 5.84 Å². The Morgan fingerprint density at radius 3 is 2.65 bits per heavy atom. The summed E-state index contributed by atoms with van der Waals surface area (Å²) in [4.78, 5) is 44.3. The van der Waals surface area contributed by atoms with Crippen LogP contribution < -0.4 is 22.5 Å². The van der Waals surface area contributed by atoms with Gasteiger partial charge in [-0.3, -0.25) is 34.3 Å². The van der Waals surface area contributed by atoms with Crippen molar-refractivity contribution in [1.82, 2.24) is 14.6 Å². The van der Waals surface area contributed by atoms with E-state index in [2.05, 4.69) is 0 Å². The maximum atomic E-state index is 11.8. The summed E-state index contributed by atoms with van der Waals surface area (Å²) in [5.74, 6) is 4.55. The summed E-state index contributed by atoms with van der Waals surface area (Å²) >= 11 is 0. The third kappa shape index (κ3) is 3.51. The summed E-state index contributed by atoms with van der Waals surface area (Å²) in [5.41, 5.74) is -0.282. The Morgan fingerprint density at radius 1 is 1.45 bits per heavy atom. The van der Waals surface area contributed by atoms with E-state index >= 15 is 0 Å². The molecule has 1 amide bonds. The molecule has 0 unspecified atom stereocenters. The van der Waals surface area contributed by atoms with Gasteiger partial charge in [0.15, 0.2) is 0 Å². The Bertz CT molecular complexity index is 632. The van der Waals surface area contributed by atoms with Gasteiger partial charge in [0.25, 0.3) is 0 Å². The summed E-state index contributed by atoms with van der Waals surface area (Å²) in [6, 6.07) is 0. The zero-order valence-electron chi connectivity index (χ0n) is 10.9. The molecule has 20 heavy (non-hydrogen) atoms. The van der Waals surface area contributed by atoms with Crippen LogP contribution in [0.1, 0.15) is 19.3 Å². The van der Waals surface area contributed by atoms with Crippen molar-refractivity contribution in [3.8, 4) is 0 Å². The standard InChI is InChI=1S/C10H15N5O5/c1-13-6-7(15(19)20)9(17)14(10(13)18)5-3-2-4-8(16)12-11/h6H,2-5,11H2,1H3,(H,12,16). The highest BCUT2D eigenvalue weighted by Gasteiger charge is 2.18. The smallest absolute Gasteiger partial charge is 0.297 e. The quantitative estimate of drug-likeness (QED) is 0.217. The van der Waals surface area contributed by atoms with E-state index in [9.17, 15) is 24.5 Å². The average molecular weight is 285 g/mol. The van der Waals surface area contributed by atoms with Gasteiger partial charge in [-0.1, -0.05) is 0 Å². The van der Waals surface area contributed by atoms with Gasteiger partial charge in [-0.2, -0.15) is 0 Å². The molecule has 10 heteroatoms. The first-order valence-electron chi connectivity index (χ1n) is 5.82. The van der Waals surface area contributed by atoms with Crippen molar-refractivity contribution in [2.45, 2.75) is 25.8 Å². The van der Waals surface area contributed by atoms with Gasteiger partial charge in [0.1, 0.15) is 0 Å². The number of aryl methyl sites for hydroxylation is 1. The van der Waals surface area contributed by atoms with Crippen LogP contribution in [0.25, 0.3) is 0 Å². The third-order valence-corrected chi connectivity index (χ3v) is 2.71. The topological polar surface area (TPSA) is 142 Å². The number of nitrogens with two attached hydrogens (primary N) is 1. The fraction of sp³-hybridized carbons (Fsp3) is 0.500. The highest BCUT2D eigenvalue weighted by Crippen LogP contribution is 2.01. The number of carbonyl (C=O) groups excluding carboxylic acids is 1. The molecule has 0 spiro atoms. The molecule has 0 aliphatic carbocycles. The number of aromatic nitrogens is 2. The zero-order valence-corrected chi connectivity index (χ0v) is 10.9. The normalized spacial score (nSPS) is 10.3. The van der Waals surface area contributed by atoms with Crippen molar-refractivity contribution in [2.75, 3.05) is 0 Å². The van der Waals surface area contributed by atoms with Crippen molar-refractivity contribution in [3.05, 3.63) is 37.1 Å². The monoisotopic (exact) mass is 285 g/mol. The van der Waals surface area contributed by atoms with Gasteiger partial charge in [0.2, 0.25) is 5.91 Å². The Morgan fingerprint density at radius 2 is 2.10 bits per heavy atom. The van der Waals surface area contributed by atoms with Crippen molar-refractivity contribution in [3.63, 3.8) is 0 Å². The minimum absolute atomic E-state index is 0.00500. The van der Waals surface area contributed by atoms with Gasteiger partial charge >= 0.3 is 16.9 Å². The maximum absolute atomic E-state index is 11.8. The predicted octanol–water partition coefficient (Wildman–Crippen LogP) is -1.38. The highest BCUT2D eigenvalue weighted by atomic mass is 16.6. The summed E-state index contributed by atoms with van der Waals surface area (Å²) < 4.78 is 1.77. The molecule has 0 atom stereocenters. The molecule has 0 radical (unpaired) electrons. The number of hydrazine groups is 1. The van der Waals surface area contributed by atoms with Gasteiger partial charge in [0, 0.05) is 20.0 Å². The summed E-state index contributed by atoms with van der Waals surface area (Å²) in [6.45, 7) is 0.00500. The lowest BCUT2D eigenvalue weighted by Gasteiger charge is -2.06. The average Bonchev–Trinajstić information content (AvgIpc) is 2.41. The first-order chi connectivity index (χ1) is 9.38. The van der Waals surface area contributed by atoms with Crippen molar-refractivity contribution in [2.24, 2.45) is 12.9 Å². The number of nitrogens with zero attached hydrogens (tertiary/aromatic N) is 3. The van der Waals surface area contributed by atoms with Gasteiger partial charge in [-0.05, 0) is 12.8 Å². The number of nitrogens with one attached hydrogen (secondary N) is 1. The fourth-order valence-corrected chi connectivity index (χ4v) is 1.66. The second-order valence-electron chi connectivity index (χ2n) is 4.15. The molecule has 3 N–H and O–H groups in total. The Hall–Kier alpha value is -2.49. The van der Waals surface area contributed by atoms with Crippen LogP contribution in [0.3, 0.4) is 0 Å². The molecule has 0 aromatic carbocycles. The lowest BCUT2D eigenvalue weighted by Crippen LogP contribution is -2.39. The Labute approximate surface area is 112 Å². The van der Waals surface area contributed by atoms with E-state index in [1.165, 1.54) is 7.05 Å². The van der Waals surface area contributed by atoms with Crippen LogP contribution in [-0.4, -0.2) is 20.0 Å². The summed E-state index contributed by atoms with van der Waals surface area (Å²) in [5, 5.41) is 10.7. The molecule has 1 rings (SSSR count). The Balaban J connectivity index is 2.90. The van der Waals surface area contributed by atoms with Crippen molar-refractivity contribution in [1.29, 1.82) is 0 Å². The first-order valence-corrected chi connectivity index (χ1v) is 5.82. The van der Waals surface area contributed by atoms with E-state index in [-0.39, 0.29) is 18.9 Å². The van der Waals surface area contributed by atoms with Crippen LogP contribution in [0.5, 0.6) is 0 Å². The molecular formula is C10H15N5O5. The number of rotatable bonds is 6. The fourth-order valence-electron chi connectivity index (χ4n) is 1.66. The lowest BCUT2D eigenvalue weighted by atomic mass is 10.2. The van der Waals surface area contributed by atoms with Gasteiger partial charge in [-0.25, -0.2) is 10.6 Å². The molecule has 0 fully saturated rings. The van der Waals surface area contributed by atoms with Crippen LogP contribution in [0.4, 0.5) is 5.69 Å². The highest BCUT2D eigenvalue weighted by molar-refractivity contribution is 5.74. The number of unbranched alkanes of at least 4 members (excludes halogenated alkanes) is 1. The summed E-state index contributed by atoms with van der Waals surface area (Å²) in [7, 11) is 1.33. The molecule has 0 saturated carbocycles. The number of hydrogen-bond donors (Lipinski definition) is 2. The number of carbonyl (C=O) groups is 1. The van der Waals surface area contributed by atoms with Crippen molar-refractivity contribution >= 4 is 11.6 Å². The van der Waals surface area contributed by atoms with Crippen LogP contribution >= 0.6 is 0 Å². The predicted molar refractivity (Wildman–Crippen MR) is 68.8 cm³/mol. The molecule has 1 aromatic rings. The summed E-state index contributed by atoms with van der Waals surface area (Å²) in [6.07, 6.45) is 1.80. The number of nitro groups is 1. The molecular weight excluding hydrogens is 270 g/mol.